The Morgan fingerprint density at radius 3 is 2.64 bits per heavy atom. The van der Waals surface area contributed by atoms with Crippen LogP contribution >= 0.6 is 0 Å². The van der Waals surface area contributed by atoms with Crippen molar-refractivity contribution in [3.05, 3.63) is 42.5 Å². The summed E-state index contributed by atoms with van der Waals surface area (Å²) in [5, 5.41) is 4.72. The number of hydrogen-bond donors (Lipinski definition) is 1. The third-order valence-electron chi connectivity index (χ3n) is 4.69. The zero-order valence-electron chi connectivity index (χ0n) is 13.8. The highest BCUT2D eigenvalue weighted by molar-refractivity contribution is 6.07. The Kier molecular flexibility index (Phi) is 4.14. The minimum absolute atomic E-state index is 0.0403. The molecular weight excluding hydrogens is 318 g/mol. The summed E-state index contributed by atoms with van der Waals surface area (Å²) in [5.74, 6) is -0.635. The zero-order valence-corrected chi connectivity index (χ0v) is 13.8. The Balaban J connectivity index is 1.43. The van der Waals surface area contributed by atoms with Gasteiger partial charge in [-0.3, -0.25) is 9.59 Å². The van der Waals surface area contributed by atoms with Gasteiger partial charge in [-0.2, -0.15) is 0 Å². The third kappa shape index (κ3) is 3.22. The molecule has 1 amide bonds. The van der Waals surface area contributed by atoms with Crippen LogP contribution in [-0.2, 0) is 14.3 Å². The van der Waals surface area contributed by atoms with Crippen molar-refractivity contribution in [2.75, 3.05) is 11.9 Å². The molecule has 0 radical (unpaired) electrons. The van der Waals surface area contributed by atoms with Gasteiger partial charge in [-0.25, -0.2) is 0 Å². The first-order valence-corrected chi connectivity index (χ1v) is 8.58. The lowest BCUT2D eigenvalue weighted by atomic mass is 10.1. The van der Waals surface area contributed by atoms with Crippen molar-refractivity contribution in [2.24, 2.45) is 5.92 Å². The summed E-state index contributed by atoms with van der Waals surface area (Å²) >= 11 is 0. The second-order valence-electron chi connectivity index (χ2n) is 6.45. The Morgan fingerprint density at radius 1 is 1.04 bits per heavy atom. The van der Waals surface area contributed by atoms with Gasteiger partial charge in [-0.1, -0.05) is 31.0 Å². The number of ether oxygens (including phenoxy) is 1. The average molecular weight is 337 g/mol. The minimum atomic E-state index is -0.335. The fourth-order valence-electron chi connectivity index (χ4n) is 3.42. The second kappa shape index (κ2) is 6.59. The molecule has 1 saturated carbocycles. The van der Waals surface area contributed by atoms with Gasteiger partial charge in [0.2, 0.25) is 0 Å². The highest BCUT2D eigenvalue weighted by atomic mass is 16.5. The first-order valence-electron chi connectivity index (χ1n) is 8.58. The van der Waals surface area contributed by atoms with Gasteiger partial charge in [0.05, 0.1) is 5.92 Å². The lowest BCUT2D eigenvalue weighted by Crippen LogP contribution is -2.23. The number of rotatable bonds is 4. The third-order valence-corrected chi connectivity index (χ3v) is 4.69. The average Bonchev–Trinajstić information content (AvgIpc) is 3.27. The number of para-hydroxylation sites is 1. The molecule has 2 aromatic carbocycles. The van der Waals surface area contributed by atoms with E-state index >= 15 is 0 Å². The van der Waals surface area contributed by atoms with Crippen molar-refractivity contribution in [1.29, 1.82) is 0 Å². The zero-order chi connectivity index (χ0) is 17.2. The van der Waals surface area contributed by atoms with Crippen molar-refractivity contribution >= 4 is 39.5 Å². The van der Waals surface area contributed by atoms with Gasteiger partial charge < -0.3 is 14.5 Å². The molecule has 1 aliphatic carbocycles. The molecule has 4 rings (SSSR count). The van der Waals surface area contributed by atoms with E-state index in [1.165, 1.54) is 0 Å². The molecule has 25 heavy (non-hydrogen) atoms. The first-order chi connectivity index (χ1) is 12.2. The van der Waals surface area contributed by atoms with Gasteiger partial charge >= 0.3 is 5.97 Å². The molecular formula is C20H19NO4. The number of nitrogens with one attached hydrogen (secondary N) is 1. The van der Waals surface area contributed by atoms with Crippen molar-refractivity contribution in [2.45, 2.75) is 25.7 Å². The van der Waals surface area contributed by atoms with E-state index in [2.05, 4.69) is 5.32 Å². The van der Waals surface area contributed by atoms with Crippen LogP contribution in [0.3, 0.4) is 0 Å². The molecule has 128 valence electrons. The number of benzene rings is 2. The van der Waals surface area contributed by atoms with E-state index in [9.17, 15) is 9.59 Å². The topological polar surface area (TPSA) is 68.5 Å². The summed E-state index contributed by atoms with van der Waals surface area (Å²) in [7, 11) is 0. The summed E-state index contributed by atoms with van der Waals surface area (Å²) in [6.45, 7) is -0.250. The van der Waals surface area contributed by atoms with E-state index in [1.54, 1.807) is 6.07 Å². The van der Waals surface area contributed by atoms with Crippen LogP contribution in [0.25, 0.3) is 21.9 Å². The van der Waals surface area contributed by atoms with E-state index in [0.29, 0.717) is 5.69 Å². The van der Waals surface area contributed by atoms with Gasteiger partial charge in [0.1, 0.15) is 11.2 Å². The van der Waals surface area contributed by atoms with Gasteiger partial charge in [0, 0.05) is 16.5 Å². The van der Waals surface area contributed by atoms with Crippen molar-refractivity contribution < 1.29 is 18.7 Å². The maximum absolute atomic E-state index is 12.1. The summed E-state index contributed by atoms with van der Waals surface area (Å²) in [6, 6.07) is 13.2. The lowest BCUT2D eigenvalue weighted by molar-refractivity contribution is -0.151. The fourth-order valence-corrected chi connectivity index (χ4v) is 3.42. The number of furan rings is 1. The van der Waals surface area contributed by atoms with E-state index < -0.39 is 0 Å². The normalized spacial score (nSPS) is 14.9. The number of amides is 1. The van der Waals surface area contributed by atoms with Gasteiger partial charge in [0.25, 0.3) is 5.91 Å². The SMILES string of the molecule is O=C(COC(=O)C1CCCC1)Nc1ccc2oc3ccccc3c2c1. The quantitative estimate of drug-likeness (QED) is 0.722. The molecule has 1 fully saturated rings. The minimum Gasteiger partial charge on any atom is -0.456 e. The molecule has 1 aliphatic rings. The number of carbonyl (C=O) groups excluding carboxylic acids is 2. The summed E-state index contributed by atoms with van der Waals surface area (Å²) < 4.78 is 10.9. The van der Waals surface area contributed by atoms with Crippen LogP contribution in [0.1, 0.15) is 25.7 Å². The van der Waals surface area contributed by atoms with E-state index in [0.717, 1.165) is 47.6 Å². The molecule has 0 atom stereocenters. The first kappa shape index (κ1) is 15.7. The predicted molar refractivity (Wildman–Crippen MR) is 95.3 cm³/mol. The van der Waals surface area contributed by atoms with Gasteiger partial charge in [-0.05, 0) is 37.1 Å². The molecule has 1 heterocycles. The largest absolute Gasteiger partial charge is 0.456 e. The van der Waals surface area contributed by atoms with Crippen molar-refractivity contribution in [3.8, 4) is 0 Å². The Hall–Kier alpha value is -2.82. The number of anilines is 1. The van der Waals surface area contributed by atoms with Gasteiger partial charge in [-0.15, -0.1) is 0 Å². The number of fused-ring (bicyclic) bond motifs is 3. The molecule has 5 heteroatoms. The molecule has 0 aliphatic heterocycles. The molecule has 1 N–H and O–H groups in total. The number of esters is 1. The maximum atomic E-state index is 12.1. The van der Waals surface area contributed by atoms with Crippen LogP contribution in [0.4, 0.5) is 5.69 Å². The van der Waals surface area contributed by atoms with E-state index in [-0.39, 0.29) is 24.4 Å². The van der Waals surface area contributed by atoms with Crippen LogP contribution in [0, 0.1) is 5.92 Å². The van der Waals surface area contributed by atoms with Crippen LogP contribution in [0.5, 0.6) is 0 Å². The summed E-state index contributed by atoms with van der Waals surface area (Å²) in [5.41, 5.74) is 2.24. The second-order valence-corrected chi connectivity index (χ2v) is 6.45. The number of hydrogen-bond acceptors (Lipinski definition) is 4. The standard InChI is InChI=1S/C20H19NO4/c22-19(12-24-20(23)13-5-1-2-6-13)21-14-9-10-18-16(11-14)15-7-3-4-8-17(15)25-18/h3-4,7-11,13H,1-2,5-6,12H2,(H,21,22). The van der Waals surface area contributed by atoms with Crippen molar-refractivity contribution in [3.63, 3.8) is 0 Å². The lowest BCUT2D eigenvalue weighted by Gasteiger charge is -2.10. The molecule has 0 bridgehead atoms. The van der Waals surface area contributed by atoms with E-state index in [1.807, 2.05) is 36.4 Å². The number of carbonyl (C=O) groups is 2. The maximum Gasteiger partial charge on any atom is 0.309 e. The summed E-state index contributed by atoms with van der Waals surface area (Å²) in [4.78, 5) is 23.9. The summed E-state index contributed by atoms with van der Waals surface area (Å²) in [6.07, 6.45) is 3.85. The predicted octanol–water partition coefficient (Wildman–Crippen LogP) is 4.26. The fraction of sp³-hybridized carbons (Fsp3) is 0.300. The van der Waals surface area contributed by atoms with Crippen LogP contribution < -0.4 is 5.32 Å². The molecule has 0 saturated heterocycles. The van der Waals surface area contributed by atoms with Gasteiger partial charge in [0.15, 0.2) is 6.61 Å². The van der Waals surface area contributed by atoms with E-state index in [4.69, 9.17) is 9.15 Å². The smallest absolute Gasteiger partial charge is 0.309 e. The van der Waals surface area contributed by atoms with Crippen molar-refractivity contribution in [1.82, 2.24) is 0 Å². The van der Waals surface area contributed by atoms with Crippen LogP contribution in [0.2, 0.25) is 0 Å². The van der Waals surface area contributed by atoms with Crippen LogP contribution in [-0.4, -0.2) is 18.5 Å². The molecule has 5 nitrogen and oxygen atoms in total. The molecule has 0 unspecified atom stereocenters. The Morgan fingerprint density at radius 2 is 1.80 bits per heavy atom. The molecule has 3 aromatic rings. The highest BCUT2D eigenvalue weighted by Gasteiger charge is 2.24. The monoisotopic (exact) mass is 337 g/mol. The molecule has 0 spiro atoms. The Labute approximate surface area is 144 Å². The van der Waals surface area contributed by atoms with Crippen LogP contribution in [0.15, 0.2) is 46.9 Å². The highest BCUT2D eigenvalue weighted by Crippen LogP contribution is 2.30. The molecule has 1 aromatic heterocycles. The Bertz CT molecular complexity index is 937.